The van der Waals surface area contributed by atoms with Crippen LogP contribution in [0.4, 0.5) is 10.1 Å². The maximum absolute atomic E-state index is 13.5. The molecule has 3 rings (SSSR count). The van der Waals surface area contributed by atoms with Gasteiger partial charge < -0.3 is 9.64 Å². The molecule has 4 heteroatoms. The van der Waals surface area contributed by atoms with Gasteiger partial charge in [-0.25, -0.2) is 4.39 Å². The molecule has 0 saturated heterocycles. The van der Waals surface area contributed by atoms with Crippen molar-refractivity contribution in [2.24, 2.45) is 0 Å². The molecule has 0 aromatic heterocycles. The number of nitrogens with zero attached hydrogens (tertiary/aromatic N) is 1. The highest BCUT2D eigenvalue weighted by Gasteiger charge is 2.25. The van der Waals surface area contributed by atoms with Gasteiger partial charge in [0.15, 0.2) is 0 Å². The van der Waals surface area contributed by atoms with Gasteiger partial charge in [-0.3, -0.25) is 4.79 Å². The number of anilines is 1. The number of hydrogen-bond acceptors (Lipinski definition) is 2. The Balaban J connectivity index is 1.99. The first-order valence-corrected chi connectivity index (χ1v) is 6.88. The molecule has 1 heterocycles. The van der Waals surface area contributed by atoms with Crippen LogP contribution in [0, 0.1) is 19.7 Å². The summed E-state index contributed by atoms with van der Waals surface area (Å²) in [4.78, 5) is 14.3. The fraction of sp³-hybridized carbons (Fsp3) is 0.235. The van der Waals surface area contributed by atoms with Crippen molar-refractivity contribution in [2.45, 2.75) is 13.8 Å². The second kappa shape index (κ2) is 5.20. The van der Waals surface area contributed by atoms with Gasteiger partial charge in [-0.2, -0.15) is 0 Å². The summed E-state index contributed by atoms with van der Waals surface area (Å²) in [7, 11) is 0. The molecule has 1 aliphatic heterocycles. The fourth-order valence-corrected chi connectivity index (χ4v) is 2.43. The average molecular weight is 285 g/mol. The zero-order valence-corrected chi connectivity index (χ0v) is 12.0. The van der Waals surface area contributed by atoms with Crippen LogP contribution in [-0.4, -0.2) is 19.1 Å². The van der Waals surface area contributed by atoms with E-state index < -0.39 is 0 Å². The van der Waals surface area contributed by atoms with Gasteiger partial charge in [0.05, 0.1) is 12.2 Å². The lowest BCUT2D eigenvalue weighted by Crippen LogP contribution is -2.38. The summed E-state index contributed by atoms with van der Waals surface area (Å²) in [5.41, 5.74) is 3.30. The van der Waals surface area contributed by atoms with Gasteiger partial charge in [-0.05, 0) is 49.2 Å². The molecule has 21 heavy (non-hydrogen) atoms. The van der Waals surface area contributed by atoms with E-state index >= 15 is 0 Å². The summed E-state index contributed by atoms with van der Waals surface area (Å²) >= 11 is 0. The minimum atomic E-state index is -0.378. The molecule has 0 fully saturated rings. The van der Waals surface area contributed by atoms with Crippen LogP contribution in [0.25, 0.3) is 0 Å². The topological polar surface area (TPSA) is 29.5 Å². The average Bonchev–Trinajstić information content (AvgIpc) is 2.48. The Labute approximate surface area is 123 Å². The summed E-state index contributed by atoms with van der Waals surface area (Å²) in [5.74, 6) is 0.0326. The number of ether oxygens (including phenoxy) is 1. The minimum absolute atomic E-state index is 0.131. The van der Waals surface area contributed by atoms with Crippen molar-refractivity contribution in [1.82, 2.24) is 0 Å². The molecule has 108 valence electrons. The van der Waals surface area contributed by atoms with Crippen LogP contribution < -0.4 is 9.64 Å². The van der Waals surface area contributed by atoms with Crippen LogP contribution in [0.15, 0.2) is 36.4 Å². The molecule has 0 aliphatic carbocycles. The lowest BCUT2D eigenvalue weighted by atomic mass is 10.0. The normalized spacial score (nSPS) is 13.6. The van der Waals surface area contributed by atoms with E-state index in [1.807, 2.05) is 26.0 Å². The Morgan fingerprint density at radius 2 is 1.95 bits per heavy atom. The number of rotatable bonds is 1. The molecule has 3 nitrogen and oxygen atoms in total. The van der Waals surface area contributed by atoms with Crippen LogP contribution in [0.1, 0.15) is 21.5 Å². The molecule has 0 spiro atoms. The van der Waals surface area contributed by atoms with E-state index in [2.05, 4.69) is 0 Å². The van der Waals surface area contributed by atoms with E-state index in [9.17, 15) is 9.18 Å². The third kappa shape index (κ3) is 2.49. The van der Waals surface area contributed by atoms with E-state index in [1.54, 1.807) is 17.0 Å². The largest absolute Gasteiger partial charge is 0.490 e. The van der Waals surface area contributed by atoms with Crippen molar-refractivity contribution in [3.8, 4) is 5.75 Å². The van der Waals surface area contributed by atoms with Crippen molar-refractivity contribution >= 4 is 11.6 Å². The maximum atomic E-state index is 13.5. The van der Waals surface area contributed by atoms with Gasteiger partial charge in [-0.15, -0.1) is 0 Å². The minimum Gasteiger partial charge on any atom is -0.490 e. The van der Waals surface area contributed by atoms with Gasteiger partial charge >= 0.3 is 0 Å². The SMILES string of the molecule is Cc1ccc(C(=O)N2CCOc3ccc(F)cc32)cc1C. The monoisotopic (exact) mass is 285 g/mol. The zero-order chi connectivity index (χ0) is 15.0. The van der Waals surface area contributed by atoms with Gasteiger partial charge in [0.25, 0.3) is 5.91 Å². The number of carbonyl (C=O) groups excluding carboxylic acids is 1. The van der Waals surface area contributed by atoms with Gasteiger partial charge in [-0.1, -0.05) is 6.07 Å². The molecular formula is C17H16FNO2. The highest BCUT2D eigenvalue weighted by atomic mass is 19.1. The Hall–Kier alpha value is -2.36. The maximum Gasteiger partial charge on any atom is 0.258 e. The molecule has 0 bridgehead atoms. The summed E-state index contributed by atoms with van der Waals surface area (Å²) < 4.78 is 18.9. The highest BCUT2D eigenvalue weighted by Crippen LogP contribution is 2.33. The van der Waals surface area contributed by atoms with Crippen LogP contribution in [0.2, 0.25) is 0 Å². The molecule has 1 amide bonds. The van der Waals surface area contributed by atoms with E-state index in [0.29, 0.717) is 30.2 Å². The van der Waals surface area contributed by atoms with Crippen LogP contribution in [0.5, 0.6) is 5.75 Å². The number of aryl methyl sites for hydroxylation is 2. The van der Waals surface area contributed by atoms with Crippen molar-refractivity contribution in [3.05, 3.63) is 58.9 Å². The summed E-state index contributed by atoms with van der Waals surface area (Å²) in [6.45, 7) is 4.81. The Kier molecular flexibility index (Phi) is 3.37. The smallest absolute Gasteiger partial charge is 0.258 e. The molecule has 0 saturated carbocycles. The molecule has 2 aromatic carbocycles. The summed E-state index contributed by atoms with van der Waals surface area (Å²) in [5, 5.41) is 0. The molecule has 1 aliphatic rings. The van der Waals surface area contributed by atoms with Crippen LogP contribution >= 0.6 is 0 Å². The number of hydrogen-bond donors (Lipinski definition) is 0. The molecule has 0 atom stereocenters. The fourth-order valence-electron chi connectivity index (χ4n) is 2.43. The van der Waals surface area contributed by atoms with Crippen molar-refractivity contribution in [3.63, 3.8) is 0 Å². The van der Waals surface area contributed by atoms with Crippen molar-refractivity contribution in [1.29, 1.82) is 0 Å². The lowest BCUT2D eigenvalue weighted by Gasteiger charge is -2.29. The van der Waals surface area contributed by atoms with Crippen molar-refractivity contribution < 1.29 is 13.9 Å². The van der Waals surface area contributed by atoms with Gasteiger partial charge in [0.2, 0.25) is 0 Å². The third-order valence-electron chi connectivity index (χ3n) is 3.78. The first-order chi connectivity index (χ1) is 10.1. The summed E-state index contributed by atoms with van der Waals surface area (Å²) in [6.07, 6.45) is 0. The molecular weight excluding hydrogens is 269 g/mol. The van der Waals surface area contributed by atoms with E-state index in [-0.39, 0.29) is 11.7 Å². The molecule has 0 N–H and O–H groups in total. The lowest BCUT2D eigenvalue weighted by molar-refractivity contribution is 0.0976. The van der Waals surface area contributed by atoms with Crippen molar-refractivity contribution in [2.75, 3.05) is 18.1 Å². The van der Waals surface area contributed by atoms with E-state index in [4.69, 9.17) is 4.74 Å². The first-order valence-electron chi connectivity index (χ1n) is 6.88. The highest BCUT2D eigenvalue weighted by molar-refractivity contribution is 6.07. The van der Waals surface area contributed by atoms with E-state index in [0.717, 1.165) is 11.1 Å². The van der Waals surface area contributed by atoms with Crippen LogP contribution in [0.3, 0.4) is 0 Å². The number of halogens is 1. The standard InChI is InChI=1S/C17H16FNO2/c1-11-3-4-13(9-12(11)2)17(20)19-7-8-21-16-6-5-14(18)10-15(16)19/h3-6,9-10H,7-8H2,1-2H3. The third-order valence-corrected chi connectivity index (χ3v) is 3.78. The Bertz CT molecular complexity index is 712. The second-order valence-electron chi connectivity index (χ2n) is 5.22. The molecule has 2 aromatic rings. The second-order valence-corrected chi connectivity index (χ2v) is 5.22. The number of carbonyl (C=O) groups is 1. The predicted octanol–water partition coefficient (Wildman–Crippen LogP) is 3.48. The quantitative estimate of drug-likeness (QED) is 0.802. The van der Waals surface area contributed by atoms with Crippen LogP contribution in [-0.2, 0) is 0 Å². The zero-order valence-electron chi connectivity index (χ0n) is 12.0. The number of amides is 1. The first kappa shape index (κ1) is 13.6. The molecule has 0 unspecified atom stereocenters. The number of fused-ring (bicyclic) bond motifs is 1. The van der Waals surface area contributed by atoms with Gasteiger partial charge in [0, 0.05) is 11.6 Å². The van der Waals surface area contributed by atoms with E-state index in [1.165, 1.54) is 12.1 Å². The summed E-state index contributed by atoms with van der Waals surface area (Å²) in [6, 6.07) is 9.83. The Morgan fingerprint density at radius 1 is 1.14 bits per heavy atom. The number of benzene rings is 2. The predicted molar refractivity (Wildman–Crippen MR) is 79.5 cm³/mol. The Morgan fingerprint density at radius 3 is 2.71 bits per heavy atom. The van der Waals surface area contributed by atoms with Gasteiger partial charge in [0.1, 0.15) is 18.2 Å². The molecule has 0 radical (unpaired) electrons.